The van der Waals surface area contributed by atoms with E-state index in [2.05, 4.69) is 5.32 Å². The highest BCUT2D eigenvalue weighted by molar-refractivity contribution is 5.99. The van der Waals surface area contributed by atoms with Gasteiger partial charge in [-0.1, -0.05) is 12.1 Å². The number of nitrogens with zero attached hydrogens (tertiary/aromatic N) is 1. The van der Waals surface area contributed by atoms with Gasteiger partial charge in [-0.25, -0.2) is 14.4 Å². The monoisotopic (exact) mass is 370 g/mol. The molecule has 0 fully saturated rings. The molecular formula is C19H18N2O6. The third kappa shape index (κ3) is 4.15. The van der Waals surface area contributed by atoms with Crippen molar-refractivity contribution >= 4 is 17.9 Å². The van der Waals surface area contributed by atoms with Gasteiger partial charge >= 0.3 is 17.9 Å². The van der Waals surface area contributed by atoms with Crippen LogP contribution in [0.3, 0.4) is 0 Å². The van der Waals surface area contributed by atoms with Gasteiger partial charge in [0.2, 0.25) is 0 Å². The molecule has 8 nitrogen and oxygen atoms in total. The largest absolute Gasteiger partial charge is 0.478 e. The molecule has 0 amide bonds. The molecule has 2 rings (SSSR count). The summed E-state index contributed by atoms with van der Waals surface area (Å²) in [6, 6.07) is 7.63. The Labute approximate surface area is 155 Å². The first-order chi connectivity index (χ1) is 12.8. The summed E-state index contributed by atoms with van der Waals surface area (Å²) in [5, 5.41) is 30.4. The summed E-state index contributed by atoms with van der Waals surface area (Å²) in [4.78, 5) is 35.8. The van der Waals surface area contributed by atoms with Crippen molar-refractivity contribution in [3.05, 3.63) is 57.9 Å². The van der Waals surface area contributed by atoms with Crippen LogP contribution in [0.4, 0.5) is 0 Å². The number of carboxylic acids is 2. The maximum Gasteiger partial charge on any atom is 0.336 e. The Morgan fingerprint density at radius 2 is 1.81 bits per heavy atom. The summed E-state index contributed by atoms with van der Waals surface area (Å²) in [6.07, 6.45) is 0.00527. The number of hydrogen-bond donors (Lipinski definition) is 3. The molecule has 0 bridgehead atoms. The number of nitrogens with one attached hydrogen (secondary N) is 1. The van der Waals surface area contributed by atoms with E-state index in [1.54, 1.807) is 19.9 Å². The molecule has 1 aromatic carbocycles. The smallest absolute Gasteiger partial charge is 0.336 e. The van der Waals surface area contributed by atoms with E-state index in [9.17, 15) is 24.6 Å². The third-order valence-electron chi connectivity index (χ3n) is 4.12. The molecule has 1 aliphatic heterocycles. The molecule has 1 aromatic rings. The van der Waals surface area contributed by atoms with Crippen molar-refractivity contribution in [3.8, 4) is 6.07 Å². The summed E-state index contributed by atoms with van der Waals surface area (Å²) in [5.41, 5.74) is 1.07. The molecule has 1 heterocycles. The number of rotatable bonds is 6. The van der Waals surface area contributed by atoms with Gasteiger partial charge < -0.3 is 20.3 Å². The molecule has 1 unspecified atom stereocenters. The Morgan fingerprint density at radius 1 is 1.15 bits per heavy atom. The zero-order valence-corrected chi connectivity index (χ0v) is 14.8. The minimum absolute atomic E-state index is 0.00527. The first-order valence-electron chi connectivity index (χ1n) is 8.07. The van der Waals surface area contributed by atoms with Crippen molar-refractivity contribution in [2.45, 2.75) is 26.2 Å². The van der Waals surface area contributed by atoms with Gasteiger partial charge in [-0.15, -0.1) is 0 Å². The number of carbonyl (C=O) groups is 3. The zero-order valence-electron chi connectivity index (χ0n) is 14.8. The van der Waals surface area contributed by atoms with E-state index >= 15 is 0 Å². The van der Waals surface area contributed by atoms with Crippen LogP contribution in [0.15, 0.2) is 46.8 Å². The van der Waals surface area contributed by atoms with Crippen molar-refractivity contribution in [2.24, 2.45) is 0 Å². The topological polar surface area (TPSA) is 137 Å². The highest BCUT2D eigenvalue weighted by Crippen LogP contribution is 2.39. The average Bonchev–Trinajstić information content (AvgIpc) is 2.60. The van der Waals surface area contributed by atoms with Gasteiger partial charge in [0.25, 0.3) is 0 Å². The van der Waals surface area contributed by atoms with Crippen LogP contribution in [0.1, 0.15) is 42.1 Å². The predicted octanol–water partition coefficient (Wildman–Crippen LogP) is 2.16. The normalized spacial score (nSPS) is 16.4. The molecule has 0 aliphatic carbocycles. The second-order valence-electron chi connectivity index (χ2n) is 5.92. The Balaban J connectivity index is 2.59. The lowest BCUT2D eigenvalue weighted by molar-refractivity contribution is -0.139. The van der Waals surface area contributed by atoms with Crippen molar-refractivity contribution in [1.82, 2.24) is 5.32 Å². The van der Waals surface area contributed by atoms with E-state index in [1.807, 2.05) is 6.07 Å². The summed E-state index contributed by atoms with van der Waals surface area (Å²) in [7, 11) is 0. The van der Waals surface area contributed by atoms with Gasteiger partial charge in [0, 0.05) is 11.4 Å². The fourth-order valence-electron chi connectivity index (χ4n) is 3.00. The van der Waals surface area contributed by atoms with E-state index in [4.69, 9.17) is 10.00 Å². The van der Waals surface area contributed by atoms with E-state index in [0.717, 1.165) is 0 Å². The fourth-order valence-corrected chi connectivity index (χ4v) is 3.00. The molecular weight excluding hydrogens is 352 g/mol. The van der Waals surface area contributed by atoms with Crippen molar-refractivity contribution < 1.29 is 29.3 Å². The highest BCUT2D eigenvalue weighted by Gasteiger charge is 2.37. The number of esters is 1. The minimum Gasteiger partial charge on any atom is -0.478 e. The number of nitriles is 1. The van der Waals surface area contributed by atoms with Crippen LogP contribution >= 0.6 is 0 Å². The number of aromatic carboxylic acids is 1. The molecule has 140 valence electrons. The molecule has 0 saturated heterocycles. The molecule has 27 heavy (non-hydrogen) atoms. The van der Waals surface area contributed by atoms with E-state index < -0.39 is 23.8 Å². The lowest BCUT2D eigenvalue weighted by Gasteiger charge is -2.29. The van der Waals surface area contributed by atoms with Crippen LogP contribution in [-0.2, 0) is 14.3 Å². The van der Waals surface area contributed by atoms with Gasteiger partial charge in [0.15, 0.2) is 0 Å². The molecule has 0 spiro atoms. The number of allylic oxidation sites excluding steroid dienone is 2. The Hall–Kier alpha value is -3.60. The SMILES string of the molecule is CC1=C(C(=O)O)C(c2cccc(C(=O)O)c2)C(C(=O)OCCC#N)=C(C)N1. The van der Waals surface area contributed by atoms with Gasteiger partial charge in [-0.05, 0) is 31.5 Å². The van der Waals surface area contributed by atoms with Crippen LogP contribution in [0.25, 0.3) is 0 Å². The predicted molar refractivity (Wildman–Crippen MR) is 93.5 cm³/mol. The number of dihydropyridines is 1. The number of benzene rings is 1. The summed E-state index contributed by atoms with van der Waals surface area (Å²) < 4.78 is 5.09. The third-order valence-corrected chi connectivity index (χ3v) is 4.12. The van der Waals surface area contributed by atoms with Crippen LogP contribution < -0.4 is 5.32 Å². The van der Waals surface area contributed by atoms with E-state index in [-0.39, 0.29) is 29.7 Å². The Bertz CT molecular complexity index is 907. The van der Waals surface area contributed by atoms with Gasteiger partial charge in [-0.3, -0.25) is 0 Å². The van der Waals surface area contributed by atoms with Crippen LogP contribution in [-0.4, -0.2) is 34.7 Å². The number of carboxylic acid groups (broad SMARTS) is 2. The van der Waals surface area contributed by atoms with Gasteiger partial charge in [-0.2, -0.15) is 5.26 Å². The maximum absolute atomic E-state index is 12.6. The number of aliphatic carboxylic acids is 1. The molecule has 0 radical (unpaired) electrons. The second kappa shape index (κ2) is 8.19. The molecule has 1 aliphatic rings. The fraction of sp³-hybridized carbons (Fsp3) is 0.263. The molecule has 0 aromatic heterocycles. The molecule has 8 heteroatoms. The first kappa shape index (κ1) is 19.7. The number of carbonyl (C=O) groups excluding carboxylic acids is 1. The quantitative estimate of drug-likeness (QED) is 0.512. The van der Waals surface area contributed by atoms with Gasteiger partial charge in [0.05, 0.1) is 35.1 Å². The minimum atomic E-state index is -1.24. The van der Waals surface area contributed by atoms with E-state index in [0.29, 0.717) is 17.0 Å². The Kier molecular flexibility index (Phi) is 5.98. The summed E-state index contributed by atoms with van der Waals surface area (Å²) >= 11 is 0. The van der Waals surface area contributed by atoms with Crippen molar-refractivity contribution in [2.75, 3.05) is 6.61 Å². The van der Waals surface area contributed by atoms with Gasteiger partial charge in [0.1, 0.15) is 6.61 Å². The zero-order chi connectivity index (χ0) is 20.1. The first-order valence-corrected chi connectivity index (χ1v) is 8.07. The lowest BCUT2D eigenvalue weighted by atomic mass is 9.80. The molecule has 3 N–H and O–H groups in total. The molecule has 0 saturated carbocycles. The van der Waals surface area contributed by atoms with Crippen LogP contribution in [0.5, 0.6) is 0 Å². The number of ether oxygens (including phenoxy) is 1. The number of hydrogen-bond acceptors (Lipinski definition) is 6. The highest BCUT2D eigenvalue weighted by atomic mass is 16.5. The lowest BCUT2D eigenvalue weighted by Crippen LogP contribution is -2.32. The van der Waals surface area contributed by atoms with Crippen LogP contribution in [0.2, 0.25) is 0 Å². The van der Waals surface area contributed by atoms with E-state index in [1.165, 1.54) is 18.2 Å². The van der Waals surface area contributed by atoms with Crippen molar-refractivity contribution in [1.29, 1.82) is 5.26 Å². The van der Waals surface area contributed by atoms with Crippen molar-refractivity contribution in [3.63, 3.8) is 0 Å². The second-order valence-corrected chi connectivity index (χ2v) is 5.92. The summed E-state index contributed by atoms with van der Waals surface area (Å²) in [5.74, 6) is -4.16. The maximum atomic E-state index is 12.6. The van der Waals surface area contributed by atoms with Crippen LogP contribution in [0, 0.1) is 11.3 Å². The molecule has 1 atom stereocenters. The average molecular weight is 370 g/mol. The summed E-state index contributed by atoms with van der Waals surface area (Å²) in [6.45, 7) is 3.05. The standard InChI is InChI=1S/C19H18N2O6/c1-10-14(18(24)25)16(12-5-3-6-13(9-12)17(22)23)15(11(2)21-10)19(26)27-8-4-7-20/h3,5-6,9,16,21H,4,8H2,1-2H3,(H,22,23)(H,24,25). The Morgan fingerprint density at radius 3 is 2.41 bits per heavy atom.